The first-order valence-corrected chi connectivity index (χ1v) is 12.5. The van der Waals surface area contributed by atoms with Crippen LogP contribution in [0, 0.1) is 5.92 Å². The summed E-state index contributed by atoms with van der Waals surface area (Å²) >= 11 is 5.52. The van der Waals surface area contributed by atoms with Gasteiger partial charge in [0.05, 0.1) is 23.4 Å². The zero-order chi connectivity index (χ0) is 25.9. The lowest BCUT2D eigenvalue weighted by Gasteiger charge is -2.23. The first kappa shape index (κ1) is 26.9. The summed E-state index contributed by atoms with van der Waals surface area (Å²) in [6.45, 7) is 5.28. The number of carbonyl (C=O) groups excluding carboxylic acids is 2. The lowest BCUT2D eigenvalue weighted by molar-refractivity contribution is 0.0952. The molecule has 0 aliphatic rings. The molecule has 0 spiro atoms. The SMILES string of the molecule is CC(C)CCOc1ccccc1C(=O)NC(=S)N(C)c1ccccc1C(=O)NCCc1ccccc1. The molecule has 0 bridgehead atoms. The van der Waals surface area contributed by atoms with Crippen LogP contribution in [-0.2, 0) is 6.42 Å². The third kappa shape index (κ3) is 7.65. The molecule has 0 aliphatic carbocycles. The van der Waals surface area contributed by atoms with Gasteiger partial charge < -0.3 is 15.0 Å². The fourth-order valence-electron chi connectivity index (χ4n) is 3.56. The molecule has 0 saturated heterocycles. The second-order valence-corrected chi connectivity index (χ2v) is 9.24. The van der Waals surface area contributed by atoms with Crippen molar-refractivity contribution in [3.05, 3.63) is 95.6 Å². The summed E-state index contributed by atoms with van der Waals surface area (Å²) in [6, 6.07) is 24.3. The molecule has 3 aromatic carbocycles. The number of amides is 2. The van der Waals surface area contributed by atoms with Crippen LogP contribution in [0.3, 0.4) is 0 Å². The zero-order valence-electron chi connectivity index (χ0n) is 21.0. The van der Waals surface area contributed by atoms with E-state index in [1.165, 1.54) is 0 Å². The number of benzene rings is 3. The van der Waals surface area contributed by atoms with E-state index >= 15 is 0 Å². The molecule has 2 N–H and O–H groups in total. The number of para-hydroxylation sites is 2. The number of thiocarbonyl (C=S) groups is 1. The molecular formula is C29H33N3O3S. The van der Waals surface area contributed by atoms with Crippen LogP contribution in [0.1, 0.15) is 46.5 Å². The number of carbonyl (C=O) groups is 2. The summed E-state index contributed by atoms with van der Waals surface area (Å²) in [5, 5.41) is 5.92. The minimum atomic E-state index is -0.364. The summed E-state index contributed by atoms with van der Waals surface area (Å²) in [6.07, 6.45) is 1.62. The molecule has 0 saturated carbocycles. The van der Waals surface area contributed by atoms with Crippen LogP contribution in [0.4, 0.5) is 5.69 Å². The molecule has 0 radical (unpaired) electrons. The number of hydrogen-bond acceptors (Lipinski definition) is 4. The van der Waals surface area contributed by atoms with Crippen molar-refractivity contribution in [2.75, 3.05) is 25.1 Å². The molecule has 36 heavy (non-hydrogen) atoms. The highest BCUT2D eigenvalue weighted by Gasteiger charge is 2.19. The number of hydrogen-bond donors (Lipinski definition) is 2. The molecule has 0 unspecified atom stereocenters. The predicted octanol–water partition coefficient (Wildman–Crippen LogP) is 5.24. The van der Waals surface area contributed by atoms with E-state index in [1.54, 1.807) is 48.3 Å². The van der Waals surface area contributed by atoms with Gasteiger partial charge in [-0.3, -0.25) is 14.9 Å². The van der Waals surface area contributed by atoms with Crippen LogP contribution in [0.2, 0.25) is 0 Å². The maximum atomic E-state index is 13.0. The third-order valence-electron chi connectivity index (χ3n) is 5.66. The van der Waals surface area contributed by atoms with Crippen LogP contribution in [-0.4, -0.2) is 37.1 Å². The molecule has 0 atom stereocenters. The van der Waals surface area contributed by atoms with Crippen molar-refractivity contribution in [2.24, 2.45) is 5.92 Å². The van der Waals surface area contributed by atoms with Gasteiger partial charge in [0, 0.05) is 13.6 Å². The Labute approximate surface area is 218 Å². The Morgan fingerprint density at radius 1 is 0.889 bits per heavy atom. The Morgan fingerprint density at radius 3 is 2.25 bits per heavy atom. The van der Waals surface area contributed by atoms with Crippen LogP contribution in [0.25, 0.3) is 0 Å². The van der Waals surface area contributed by atoms with Crippen molar-refractivity contribution in [3.8, 4) is 5.75 Å². The van der Waals surface area contributed by atoms with E-state index in [0.29, 0.717) is 41.6 Å². The van der Waals surface area contributed by atoms with Gasteiger partial charge in [-0.05, 0) is 60.8 Å². The van der Waals surface area contributed by atoms with Gasteiger partial charge in [0.2, 0.25) is 0 Å². The average Bonchev–Trinajstić information content (AvgIpc) is 2.88. The van der Waals surface area contributed by atoms with Crippen molar-refractivity contribution in [1.29, 1.82) is 0 Å². The quantitative estimate of drug-likeness (QED) is 0.371. The standard InChI is InChI=1S/C29H33N3O3S/c1-21(2)18-20-35-26-16-10-8-14-24(26)28(34)31-29(36)32(3)25-15-9-7-13-23(25)27(33)30-19-17-22-11-5-4-6-12-22/h4-16,21H,17-20H2,1-3H3,(H,30,33)(H,31,34,36). The summed E-state index contributed by atoms with van der Waals surface area (Å²) in [7, 11) is 1.73. The van der Waals surface area contributed by atoms with Gasteiger partial charge in [0.15, 0.2) is 5.11 Å². The summed E-state index contributed by atoms with van der Waals surface area (Å²) in [5.74, 6) is 0.449. The van der Waals surface area contributed by atoms with Crippen molar-refractivity contribution in [2.45, 2.75) is 26.7 Å². The number of anilines is 1. The highest BCUT2D eigenvalue weighted by molar-refractivity contribution is 7.80. The Hall–Kier alpha value is -3.71. The molecule has 2 amide bonds. The van der Waals surface area contributed by atoms with Crippen LogP contribution >= 0.6 is 12.2 Å². The largest absolute Gasteiger partial charge is 0.493 e. The number of nitrogens with zero attached hydrogens (tertiary/aromatic N) is 1. The van der Waals surface area contributed by atoms with Crippen molar-refractivity contribution < 1.29 is 14.3 Å². The smallest absolute Gasteiger partial charge is 0.261 e. The highest BCUT2D eigenvalue weighted by atomic mass is 32.1. The monoisotopic (exact) mass is 503 g/mol. The van der Waals surface area contributed by atoms with Crippen LogP contribution in [0.15, 0.2) is 78.9 Å². The van der Waals surface area contributed by atoms with E-state index in [2.05, 4.69) is 24.5 Å². The topological polar surface area (TPSA) is 70.7 Å². The van der Waals surface area contributed by atoms with Gasteiger partial charge in [-0.2, -0.15) is 0 Å². The van der Waals surface area contributed by atoms with Crippen LogP contribution < -0.4 is 20.3 Å². The van der Waals surface area contributed by atoms with E-state index in [4.69, 9.17) is 17.0 Å². The third-order valence-corrected chi connectivity index (χ3v) is 6.04. The van der Waals surface area contributed by atoms with Gasteiger partial charge in [-0.25, -0.2) is 0 Å². The van der Waals surface area contributed by atoms with Gasteiger partial charge in [0.1, 0.15) is 5.75 Å². The summed E-state index contributed by atoms with van der Waals surface area (Å²) in [5.41, 5.74) is 2.63. The van der Waals surface area contributed by atoms with E-state index in [1.807, 2.05) is 42.5 Å². The zero-order valence-corrected chi connectivity index (χ0v) is 21.8. The second-order valence-electron chi connectivity index (χ2n) is 8.85. The maximum absolute atomic E-state index is 13.0. The van der Waals surface area contributed by atoms with Gasteiger partial charge in [0.25, 0.3) is 11.8 Å². The second kappa shape index (κ2) is 13.4. The molecule has 0 heterocycles. The number of ether oxygens (including phenoxy) is 1. The Morgan fingerprint density at radius 2 is 1.53 bits per heavy atom. The normalized spacial score (nSPS) is 10.6. The minimum Gasteiger partial charge on any atom is -0.493 e. The number of nitrogens with one attached hydrogen (secondary N) is 2. The first-order valence-electron chi connectivity index (χ1n) is 12.1. The van der Waals surface area contributed by atoms with Crippen molar-refractivity contribution >= 4 is 34.8 Å². The van der Waals surface area contributed by atoms with Crippen molar-refractivity contribution in [1.82, 2.24) is 10.6 Å². The van der Waals surface area contributed by atoms with Gasteiger partial charge in [-0.1, -0.05) is 68.4 Å². The molecule has 188 valence electrons. The van der Waals surface area contributed by atoms with Gasteiger partial charge in [-0.15, -0.1) is 0 Å². The van der Waals surface area contributed by atoms with E-state index in [9.17, 15) is 9.59 Å². The summed E-state index contributed by atoms with van der Waals surface area (Å²) < 4.78 is 5.85. The fourth-order valence-corrected chi connectivity index (χ4v) is 3.75. The number of rotatable bonds is 10. The summed E-state index contributed by atoms with van der Waals surface area (Å²) in [4.78, 5) is 27.6. The lowest BCUT2D eigenvalue weighted by atomic mass is 10.1. The molecular weight excluding hydrogens is 470 g/mol. The molecule has 6 nitrogen and oxygen atoms in total. The Kier molecular flexibility index (Phi) is 10.0. The minimum absolute atomic E-state index is 0.182. The highest BCUT2D eigenvalue weighted by Crippen LogP contribution is 2.21. The first-order chi connectivity index (χ1) is 17.4. The Balaban J connectivity index is 1.64. The average molecular weight is 504 g/mol. The van der Waals surface area contributed by atoms with Gasteiger partial charge >= 0.3 is 0 Å². The molecule has 0 aromatic heterocycles. The molecule has 3 rings (SSSR count). The molecule has 0 aliphatic heterocycles. The molecule has 0 fully saturated rings. The predicted molar refractivity (Wildman–Crippen MR) is 149 cm³/mol. The fraction of sp³-hybridized carbons (Fsp3) is 0.276. The van der Waals surface area contributed by atoms with E-state index in [0.717, 1.165) is 18.4 Å². The van der Waals surface area contributed by atoms with E-state index in [-0.39, 0.29) is 16.9 Å². The van der Waals surface area contributed by atoms with Crippen molar-refractivity contribution in [3.63, 3.8) is 0 Å². The maximum Gasteiger partial charge on any atom is 0.261 e. The lowest BCUT2D eigenvalue weighted by Crippen LogP contribution is -2.41. The molecule has 3 aromatic rings. The van der Waals surface area contributed by atoms with Crippen LogP contribution in [0.5, 0.6) is 5.75 Å². The Bertz CT molecular complexity index is 1180. The molecule has 7 heteroatoms. The van der Waals surface area contributed by atoms with E-state index < -0.39 is 0 Å².